The van der Waals surface area contributed by atoms with E-state index in [0.29, 0.717) is 6.04 Å². The molecule has 1 aromatic heterocycles. The molecule has 0 radical (unpaired) electrons. The molecule has 19 heavy (non-hydrogen) atoms. The van der Waals surface area contributed by atoms with Crippen LogP contribution in [0.5, 0.6) is 0 Å². The summed E-state index contributed by atoms with van der Waals surface area (Å²) in [6, 6.07) is 0.681. The lowest BCUT2D eigenvalue weighted by Gasteiger charge is -2.32. The molecule has 2 aliphatic rings. The van der Waals surface area contributed by atoms with Crippen LogP contribution in [0.2, 0.25) is 0 Å². The monoisotopic (exact) mass is 282 g/mol. The Morgan fingerprint density at radius 1 is 1.42 bits per heavy atom. The maximum Gasteiger partial charge on any atom is 0.185 e. The van der Waals surface area contributed by atoms with Gasteiger partial charge in [0.2, 0.25) is 0 Å². The van der Waals surface area contributed by atoms with E-state index in [0.717, 1.165) is 51.6 Å². The molecule has 0 bridgehead atoms. The van der Waals surface area contributed by atoms with E-state index in [-0.39, 0.29) is 0 Å². The molecule has 0 spiro atoms. The van der Waals surface area contributed by atoms with Gasteiger partial charge in [-0.3, -0.25) is 4.90 Å². The van der Waals surface area contributed by atoms with E-state index in [1.165, 1.54) is 11.6 Å². The van der Waals surface area contributed by atoms with Gasteiger partial charge >= 0.3 is 0 Å². The summed E-state index contributed by atoms with van der Waals surface area (Å²) in [5.74, 6) is 0. The van der Waals surface area contributed by atoms with Crippen LogP contribution in [0.4, 0.5) is 5.13 Å². The van der Waals surface area contributed by atoms with Gasteiger partial charge in [-0.05, 0) is 13.5 Å². The number of ether oxygens (including phenoxy) is 1. The zero-order valence-corrected chi connectivity index (χ0v) is 12.3. The molecule has 3 heterocycles. The van der Waals surface area contributed by atoms with Crippen molar-refractivity contribution in [2.75, 3.05) is 51.3 Å². The summed E-state index contributed by atoms with van der Waals surface area (Å²) in [6.07, 6.45) is 1.25. The largest absolute Gasteiger partial charge is 0.379 e. The molecule has 0 aliphatic carbocycles. The maximum absolute atomic E-state index is 5.43. The Bertz CT molecular complexity index is 405. The van der Waals surface area contributed by atoms with E-state index in [4.69, 9.17) is 9.72 Å². The van der Waals surface area contributed by atoms with Crippen LogP contribution in [0, 0.1) is 0 Å². The first-order valence-corrected chi connectivity index (χ1v) is 7.90. The van der Waals surface area contributed by atoms with E-state index >= 15 is 0 Å². The van der Waals surface area contributed by atoms with Crippen molar-refractivity contribution in [3.05, 3.63) is 11.1 Å². The molecule has 1 unspecified atom stereocenters. The number of hydrogen-bond donors (Lipinski definition) is 1. The molecule has 1 aromatic rings. The molecule has 2 aliphatic heterocycles. The van der Waals surface area contributed by atoms with Gasteiger partial charge < -0.3 is 15.0 Å². The molecule has 0 amide bonds. The number of morpholine rings is 1. The normalized spacial score (nSPS) is 25.1. The van der Waals surface area contributed by atoms with Crippen molar-refractivity contribution in [2.24, 2.45) is 0 Å². The predicted octanol–water partition coefficient (Wildman–Crippen LogP) is 0.773. The van der Waals surface area contributed by atoms with Crippen LogP contribution in [-0.4, -0.2) is 62.4 Å². The number of hydrogen-bond acceptors (Lipinski definition) is 6. The highest BCUT2D eigenvalue weighted by Gasteiger charge is 2.29. The fourth-order valence-corrected chi connectivity index (χ4v) is 3.72. The minimum absolute atomic E-state index is 0.681. The lowest BCUT2D eigenvalue weighted by atomic mass is 10.2. The Labute approximate surface area is 118 Å². The highest BCUT2D eigenvalue weighted by atomic mass is 32.1. The highest BCUT2D eigenvalue weighted by Crippen LogP contribution is 2.26. The Kier molecular flexibility index (Phi) is 4.32. The molecular weight excluding hydrogens is 260 g/mol. The number of rotatable bonds is 4. The molecule has 1 atom stereocenters. The first-order valence-electron chi connectivity index (χ1n) is 7.02. The molecule has 106 valence electrons. The summed E-state index contributed by atoms with van der Waals surface area (Å²) >= 11 is 1.77. The minimum atomic E-state index is 0.681. The van der Waals surface area contributed by atoms with Crippen molar-refractivity contribution in [3.63, 3.8) is 0 Å². The van der Waals surface area contributed by atoms with Crippen LogP contribution in [0.25, 0.3) is 0 Å². The number of nitrogens with one attached hydrogen (secondary N) is 1. The number of anilines is 1. The Hall–Kier alpha value is -0.690. The average molecular weight is 282 g/mol. The third-order valence-corrected chi connectivity index (χ3v) is 4.84. The predicted molar refractivity (Wildman–Crippen MR) is 77.9 cm³/mol. The van der Waals surface area contributed by atoms with Crippen LogP contribution in [0.15, 0.2) is 5.38 Å². The second kappa shape index (κ2) is 6.17. The summed E-state index contributed by atoms with van der Waals surface area (Å²) in [4.78, 5) is 9.71. The fourth-order valence-electron chi connectivity index (χ4n) is 2.86. The van der Waals surface area contributed by atoms with Gasteiger partial charge in [-0.2, -0.15) is 0 Å². The lowest BCUT2D eigenvalue weighted by molar-refractivity contribution is 0.0209. The Morgan fingerprint density at radius 3 is 3.05 bits per heavy atom. The van der Waals surface area contributed by atoms with Crippen LogP contribution < -0.4 is 10.2 Å². The zero-order valence-electron chi connectivity index (χ0n) is 11.5. The molecule has 6 heteroatoms. The van der Waals surface area contributed by atoms with E-state index in [1.807, 2.05) is 7.05 Å². The van der Waals surface area contributed by atoms with Gasteiger partial charge in [0, 0.05) is 44.1 Å². The summed E-state index contributed by atoms with van der Waals surface area (Å²) in [5.41, 5.74) is 1.15. The molecular formula is C13H22N4OS. The number of thiazole rings is 1. The van der Waals surface area contributed by atoms with Crippen molar-refractivity contribution >= 4 is 16.5 Å². The van der Waals surface area contributed by atoms with Crippen molar-refractivity contribution in [1.82, 2.24) is 15.2 Å². The zero-order chi connectivity index (χ0) is 13.1. The van der Waals surface area contributed by atoms with Crippen LogP contribution in [-0.2, 0) is 11.3 Å². The molecule has 0 saturated carbocycles. The summed E-state index contributed by atoms with van der Waals surface area (Å²) in [6.45, 7) is 7.06. The van der Waals surface area contributed by atoms with Gasteiger partial charge in [-0.25, -0.2) is 4.98 Å². The third kappa shape index (κ3) is 3.08. The second-order valence-corrected chi connectivity index (χ2v) is 6.03. The molecule has 2 fully saturated rings. The first-order chi connectivity index (χ1) is 9.36. The molecule has 2 saturated heterocycles. The van der Waals surface area contributed by atoms with Crippen molar-refractivity contribution in [2.45, 2.75) is 19.0 Å². The number of aromatic nitrogens is 1. The summed E-state index contributed by atoms with van der Waals surface area (Å²) in [7, 11) is 1.96. The SMILES string of the molecule is CNCc1csc(N2CCC(N3CCOCC3)C2)n1. The first kappa shape index (κ1) is 13.3. The Morgan fingerprint density at radius 2 is 2.26 bits per heavy atom. The van der Waals surface area contributed by atoms with Crippen molar-refractivity contribution in [1.29, 1.82) is 0 Å². The maximum atomic E-state index is 5.43. The summed E-state index contributed by atoms with van der Waals surface area (Å²) < 4.78 is 5.43. The van der Waals surface area contributed by atoms with Crippen LogP contribution in [0.1, 0.15) is 12.1 Å². The van der Waals surface area contributed by atoms with E-state index < -0.39 is 0 Å². The third-order valence-electron chi connectivity index (χ3n) is 3.89. The lowest BCUT2D eigenvalue weighted by Crippen LogP contribution is -2.44. The quantitative estimate of drug-likeness (QED) is 0.883. The van der Waals surface area contributed by atoms with Gasteiger partial charge in [0.25, 0.3) is 0 Å². The topological polar surface area (TPSA) is 40.6 Å². The van der Waals surface area contributed by atoms with E-state index in [9.17, 15) is 0 Å². The molecule has 1 N–H and O–H groups in total. The molecule has 5 nitrogen and oxygen atoms in total. The highest BCUT2D eigenvalue weighted by molar-refractivity contribution is 7.13. The average Bonchev–Trinajstić information content (AvgIpc) is 3.08. The standard InChI is InChI=1S/C13H22N4OS/c1-14-8-11-10-19-13(15-11)17-3-2-12(9-17)16-4-6-18-7-5-16/h10,12,14H,2-9H2,1H3. The summed E-state index contributed by atoms with van der Waals surface area (Å²) in [5, 5.41) is 6.49. The smallest absolute Gasteiger partial charge is 0.185 e. The van der Waals surface area contributed by atoms with Crippen LogP contribution >= 0.6 is 11.3 Å². The van der Waals surface area contributed by atoms with Gasteiger partial charge in [0.05, 0.1) is 18.9 Å². The second-order valence-electron chi connectivity index (χ2n) is 5.19. The van der Waals surface area contributed by atoms with Gasteiger partial charge in [-0.1, -0.05) is 0 Å². The molecule has 3 rings (SSSR count). The minimum Gasteiger partial charge on any atom is -0.379 e. The van der Waals surface area contributed by atoms with Gasteiger partial charge in [-0.15, -0.1) is 11.3 Å². The van der Waals surface area contributed by atoms with Gasteiger partial charge in [0.1, 0.15) is 0 Å². The van der Waals surface area contributed by atoms with Crippen molar-refractivity contribution in [3.8, 4) is 0 Å². The van der Waals surface area contributed by atoms with Gasteiger partial charge in [0.15, 0.2) is 5.13 Å². The van der Waals surface area contributed by atoms with E-state index in [2.05, 4.69) is 20.5 Å². The fraction of sp³-hybridized carbons (Fsp3) is 0.769. The van der Waals surface area contributed by atoms with Crippen molar-refractivity contribution < 1.29 is 4.74 Å². The Balaban J connectivity index is 1.58. The number of nitrogens with zero attached hydrogens (tertiary/aromatic N) is 3. The van der Waals surface area contributed by atoms with Crippen LogP contribution in [0.3, 0.4) is 0 Å². The van der Waals surface area contributed by atoms with E-state index in [1.54, 1.807) is 11.3 Å². The molecule has 0 aromatic carbocycles.